The number of rotatable bonds is 5. The van der Waals surface area contributed by atoms with Gasteiger partial charge in [-0.1, -0.05) is 23.5 Å². The van der Waals surface area contributed by atoms with Gasteiger partial charge in [0.15, 0.2) is 10.9 Å². The fraction of sp³-hybridized carbons (Fsp3) is 0.480. The predicted octanol–water partition coefficient (Wildman–Crippen LogP) is 1.99. The van der Waals surface area contributed by atoms with Crippen LogP contribution in [0.2, 0.25) is 0 Å². The van der Waals surface area contributed by atoms with E-state index >= 15 is 0 Å². The molecule has 4 rings (SSSR count). The molecule has 1 saturated heterocycles. The zero-order valence-corrected chi connectivity index (χ0v) is 21.4. The fourth-order valence-corrected chi connectivity index (χ4v) is 5.37. The van der Waals surface area contributed by atoms with E-state index in [9.17, 15) is 19.2 Å². The topological polar surface area (TPSA) is 103 Å². The van der Waals surface area contributed by atoms with Gasteiger partial charge >= 0.3 is 0 Å². The Morgan fingerprint density at radius 1 is 1.11 bits per heavy atom. The minimum Gasteiger partial charge on any atom is -0.348 e. The van der Waals surface area contributed by atoms with E-state index in [4.69, 9.17) is 0 Å². The second kappa shape index (κ2) is 10.2. The number of amides is 3. The van der Waals surface area contributed by atoms with E-state index in [-0.39, 0.29) is 29.9 Å². The molecule has 3 amide bonds. The van der Waals surface area contributed by atoms with Crippen molar-refractivity contribution in [1.29, 1.82) is 0 Å². The van der Waals surface area contributed by atoms with Crippen molar-refractivity contribution >= 4 is 40.0 Å². The number of benzene rings is 1. The van der Waals surface area contributed by atoms with Crippen molar-refractivity contribution in [3.05, 3.63) is 45.5 Å². The summed E-state index contributed by atoms with van der Waals surface area (Å²) in [6.07, 6.45) is 0.535. The number of nitrogens with zero attached hydrogens (tertiary/aromatic N) is 4. The van der Waals surface area contributed by atoms with Gasteiger partial charge in [0.25, 0.3) is 5.91 Å². The number of piperazine rings is 1. The molecule has 9 nitrogen and oxygen atoms in total. The Hall–Kier alpha value is -3.11. The minimum atomic E-state index is -0.449. The Kier molecular flexibility index (Phi) is 7.32. The third-order valence-corrected chi connectivity index (χ3v) is 7.84. The number of likely N-dealkylation sites (N-methyl/N-ethyl adjacent to an activating group) is 1. The van der Waals surface area contributed by atoms with Crippen LogP contribution in [0.15, 0.2) is 18.2 Å². The molecule has 1 atom stereocenters. The van der Waals surface area contributed by atoms with Crippen molar-refractivity contribution in [2.45, 2.75) is 26.7 Å². The zero-order valence-electron chi connectivity index (χ0n) is 20.6. The first-order valence-electron chi connectivity index (χ1n) is 11.8. The average Bonchev–Trinajstić information content (AvgIpc) is 3.23. The number of hydrogen-bond donors (Lipinski definition) is 1. The first kappa shape index (κ1) is 25.0. The van der Waals surface area contributed by atoms with Crippen molar-refractivity contribution in [1.82, 2.24) is 19.7 Å². The number of carbonyl (C=O) groups is 4. The summed E-state index contributed by atoms with van der Waals surface area (Å²) < 4.78 is 0. The Morgan fingerprint density at radius 2 is 1.83 bits per heavy atom. The van der Waals surface area contributed by atoms with Crippen molar-refractivity contribution in [2.75, 3.05) is 52.1 Å². The molecule has 0 saturated carbocycles. The van der Waals surface area contributed by atoms with Gasteiger partial charge in [0.2, 0.25) is 11.8 Å². The monoisotopic (exact) mass is 497 g/mol. The number of nitrogens with one attached hydrogen (secondary N) is 1. The maximum atomic E-state index is 13.2. The van der Waals surface area contributed by atoms with E-state index in [2.05, 4.69) is 10.3 Å². The van der Waals surface area contributed by atoms with Gasteiger partial charge in [-0.25, -0.2) is 4.98 Å². The number of fused-ring (bicyclic) bond motifs is 1. The lowest BCUT2D eigenvalue weighted by molar-refractivity contribution is -0.138. The van der Waals surface area contributed by atoms with Crippen LogP contribution >= 0.6 is 11.3 Å². The average molecular weight is 498 g/mol. The Bertz CT molecular complexity index is 1170. The number of aryl methyl sites for hydroxylation is 1. The van der Waals surface area contributed by atoms with Crippen LogP contribution < -0.4 is 5.32 Å². The largest absolute Gasteiger partial charge is 0.348 e. The molecule has 0 bridgehead atoms. The molecule has 2 aliphatic rings. The summed E-state index contributed by atoms with van der Waals surface area (Å²) in [5.74, 6) is -0.821. The molecular formula is C25H31N5O4S. The smallest absolute Gasteiger partial charge is 0.257 e. The molecule has 1 aromatic heterocycles. The summed E-state index contributed by atoms with van der Waals surface area (Å²) in [4.78, 5) is 61.1. The first-order valence-corrected chi connectivity index (χ1v) is 12.6. The maximum Gasteiger partial charge on any atom is 0.257 e. The number of ketones is 1. The second-order valence-electron chi connectivity index (χ2n) is 9.41. The van der Waals surface area contributed by atoms with Crippen molar-refractivity contribution in [3.8, 4) is 0 Å². The SMILES string of the molecule is Cc1cccc(C(=O)Nc2nc3c(s2)C(=O)C[C@H](C(=O)N2CCN(CC(=O)N(C)C)CC2)C3)c1C. The van der Waals surface area contributed by atoms with E-state index in [0.717, 1.165) is 11.1 Å². The summed E-state index contributed by atoms with van der Waals surface area (Å²) in [6, 6.07) is 5.55. The van der Waals surface area contributed by atoms with Gasteiger partial charge in [0.1, 0.15) is 0 Å². The van der Waals surface area contributed by atoms with Gasteiger partial charge < -0.3 is 9.80 Å². The van der Waals surface area contributed by atoms with Crippen LogP contribution in [0.1, 0.15) is 43.3 Å². The molecule has 1 aliphatic heterocycles. The molecule has 1 aliphatic carbocycles. The molecule has 1 N–H and O–H groups in total. The van der Waals surface area contributed by atoms with Crippen molar-refractivity contribution < 1.29 is 19.2 Å². The van der Waals surface area contributed by atoms with Crippen LogP contribution in [-0.2, 0) is 16.0 Å². The van der Waals surface area contributed by atoms with Gasteiger partial charge in [-0.15, -0.1) is 0 Å². The molecule has 10 heteroatoms. The van der Waals surface area contributed by atoms with E-state index < -0.39 is 5.92 Å². The predicted molar refractivity (Wildman–Crippen MR) is 134 cm³/mol. The molecule has 0 radical (unpaired) electrons. The number of Topliss-reactive ketones (excluding diaryl/α,β-unsaturated/α-hetero) is 1. The Labute approximate surface area is 209 Å². The van der Waals surface area contributed by atoms with Gasteiger partial charge in [-0.05, 0) is 31.0 Å². The Morgan fingerprint density at radius 3 is 2.51 bits per heavy atom. The summed E-state index contributed by atoms with van der Waals surface area (Å²) in [6.45, 7) is 6.52. The standard InChI is InChI=1S/C25H31N5O4S/c1-15-6-5-7-18(16(15)2)23(33)27-25-26-19-12-17(13-20(31)22(19)35-25)24(34)30-10-8-29(9-11-30)14-21(32)28(3)4/h5-7,17H,8-14H2,1-4H3,(H,26,27,33)/t17-/m1/s1. The Balaban J connectivity index is 1.38. The lowest BCUT2D eigenvalue weighted by atomic mass is 9.88. The normalized spacial score (nSPS) is 18.2. The number of aromatic nitrogens is 1. The quantitative estimate of drug-likeness (QED) is 0.678. The van der Waals surface area contributed by atoms with E-state index in [1.807, 2.05) is 30.9 Å². The summed E-state index contributed by atoms with van der Waals surface area (Å²) in [7, 11) is 3.46. The van der Waals surface area contributed by atoms with Crippen LogP contribution in [-0.4, -0.2) is 90.0 Å². The maximum absolute atomic E-state index is 13.2. The van der Waals surface area contributed by atoms with Gasteiger partial charge in [-0.3, -0.25) is 29.4 Å². The lowest BCUT2D eigenvalue weighted by Gasteiger charge is -2.36. The van der Waals surface area contributed by atoms with Gasteiger partial charge in [-0.2, -0.15) is 0 Å². The summed E-state index contributed by atoms with van der Waals surface area (Å²) in [5.41, 5.74) is 3.08. The fourth-order valence-electron chi connectivity index (χ4n) is 4.44. The van der Waals surface area contributed by atoms with Crippen LogP contribution in [0.4, 0.5) is 5.13 Å². The molecule has 1 fully saturated rings. The van der Waals surface area contributed by atoms with Crippen LogP contribution in [0.25, 0.3) is 0 Å². The lowest BCUT2D eigenvalue weighted by Crippen LogP contribution is -2.52. The third-order valence-electron chi connectivity index (χ3n) is 6.78. The molecule has 1 aromatic carbocycles. The van der Waals surface area contributed by atoms with E-state index in [0.29, 0.717) is 60.4 Å². The molecule has 186 valence electrons. The number of carbonyl (C=O) groups excluding carboxylic acids is 4. The third kappa shape index (κ3) is 5.43. The highest BCUT2D eigenvalue weighted by atomic mass is 32.1. The second-order valence-corrected chi connectivity index (χ2v) is 10.4. The highest BCUT2D eigenvalue weighted by Crippen LogP contribution is 2.33. The molecule has 0 spiro atoms. The highest BCUT2D eigenvalue weighted by molar-refractivity contribution is 7.17. The molecule has 2 aromatic rings. The minimum absolute atomic E-state index is 0.0409. The summed E-state index contributed by atoms with van der Waals surface area (Å²) >= 11 is 1.17. The molecular weight excluding hydrogens is 466 g/mol. The zero-order chi connectivity index (χ0) is 25.3. The number of hydrogen-bond acceptors (Lipinski definition) is 7. The highest BCUT2D eigenvalue weighted by Gasteiger charge is 2.36. The molecule has 2 heterocycles. The summed E-state index contributed by atoms with van der Waals surface area (Å²) in [5, 5.41) is 3.20. The van der Waals surface area contributed by atoms with Crippen molar-refractivity contribution in [3.63, 3.8) is 0 Å². The van der Waals surface area contributed by atoms with Crippen LogP contribution in [0.3, 0.4) is 0 Å². The van der Waals surface area contributed by atoms with Gasteiger partial charge in [0, 0.05) is 58.7 Å². The first-order chi connectivity index (χ1) is 16.6. The molecule has 0 unspecified atom stereocenters. The van der Waals surface area contributed by atoms with Crippen molar-refractivity contribution in [2.24, 2.45) is 5.92 Å². The van der Waals surface area contributed by atoms with E-state index in [1.165, 1.54) is 11.3 Å². The van der Waals surface area contributed by atoms with E-state index in [1.54, 1.807) is 30.0 Å². The molecule has 35 heavy (non-hydrogen) atoms. The number of anilines is 1. The number of thiazole rings is 1. The van der Waals surface area contributed by atoms with Gasteiger partial charge in [0.05, 0.1) is 23.0 Å². The van der Waals surface area contributed by atoms with Crippen LogP contribution in [0.5, 0.6) is 0 Å². The van der Waals surface area contributed by atoms with Crippen LogP contribution in [0, 0.1) is 19.8 Å².